The third-order valence-electron chi connectivity index (χ3n) is 9.07. The highest BCUT2D eigenvalue weighted by Gasteiger charge is 2.34. The second-order valence-corrected chi connectivity index (χ2v) is 12.6. The van der Waals surface area contributed by atoms with Crippen LogP contribution in [-0.2, 0) is 35.3 Å². The second kappa shape index (κ2) is 16.4. The van der Waals surface area contributed by atoms with Gasteiger partial charge in [0.25, 0.3) is 0 Å². The van der Waals surface area contributed by atoms with E-state index in [1.165, 1.54) is 29.8 Å². The second-order valence-electron chi connectivity index (χ2n) is 12.6. The summed E-state index contributed by atoms with van der Waals surface area (Å²) in [7, 11) is 0. The molecule has 1 fully saturated rings. The number of aromatic nitrogens is 1. The third kappa shape index (κ3) is 9.58. The lowest BCUT2D eigenvalue weighted by molar-refractivity contribution is -0.145. The van der Waals surface area contributed by atoms with E-state index in [1.807, 2.05) is 95.9 Å². The molecular formula is C42H39F3N4O2. The zero-order valence-electron chi connectivity index (χ0n) is 28.1. The molecule has 1 aliphatic rings. The smallest absolute Gasteiger partial charge is 0.338 e. The van der Waals surface area contributed by atoms with Crippen LogP contribution in [0.2, 0.25) is 0 Å². The van der Waals surface area contributed by atoms with Crippen molar-refractivity contribution in [1.29, 1.82) is 0 Å². The summed E-state index contributed by atoms with van der Waals surface area (Å²) in [6, 6.07) is 37.1. The highest BCUT2D eigenvalue weighted by molar-refractivity contribution is 5.95. The van der Waals surface area contributed by atoms with Gasteiger partial charge in [-0.1, -0.05) is 103 Å². The van der Waals surface area contributed by atoms with Crippen LogP contribution in [0.25, 0.3) is 17.3 Å². The van der Waals surface area contributed by atoms with Crippen molar-refractivity contribution in [2.75, 3.05) is 26.2 Å². The normalized spacial score (nSPS) is 14.4. The number of piperazine rings is 1. The first-order valence-electron chi connectivity index (χ1n) is 17.0. The van der Waals surface area contributed by atoms with Gasteiger partial charge >= 0.3 is 6.18 Å². The molecule has 260 valence electrons. The maximum absolute atomic E-state index is 14.5. The van der Waals surface area contributed by atoms with E-state index >= 15 is 0 Å². The Kier molecular flexibility index (Phi) is 11.4. The number of nitrogens with zero attached hydrogens (tertiary/aromatic N) is 4. The number of hydrogen-bond donors (Lipinski definition) is 0. The highest BCUT2D eigenvalue weighted by atomic mass is 19.4. The summed E-state index contributed by atoms with van der Waals surface area (Å²) in [6.07, 6.45) is 0.405. The average molecular weight is 689 g/mol. The summed E-state index contributed by atoms with van der Waals surface area (Å²) in [6.45, 7) is 3.41. The van der Waals surface area contributed by atoms with Gasteiger partial charge in [0.15, 0.2) is 0 Å². The molecule has 2 heterocycles. The van der Waals surface area contributed by atoms with Crippen LogP contribution in [0.1, 0.15) is 27.8 Å². The Balaban J connectivity index is 1.28. The molecule has 0 radical (unpaired) electrons. The van der Waals surface area contributed by atoms with Crippen molar-refractivity contribution >= 4 is 17.9 Å². The van der Waals surface area contributed by atoms with Crippen molar-refractivity contribution < 1.29 is 22.8 Å². The van der Waals surface area contributed by atoms with Gasteiger partial charge in [-0.15, -0.1) is 0 Å². The predicted octanol–water partition coefficient (Wildman–Crippen LogP) is 7.77. The van der Waals surface area contributed by atoms with Gasteiger partial charge in [-0.25, -0.2) is 0 Å². The Morgan fingerprint density at radius 1 is 0.725 bits per heavy atom. The number of rotatable bonds is 11. The molecule has 0 bridgehead atoms. The summed E-state index contributed by atoms with van der Waals surface area (Å²) in [5.41, 5.74) is 4.36. The molecule has 1 saturated heterocycles. The number of halogens is 3. The molecule has 0 N–H and O–H groups in total. The van der Waals surface area contributed by atoms with Gasteiger partial charge in [0.05, 0.1) is 11.3 Å². The molecule has 6 nitrogen and oxygen atoms in total. The summed E-state index contributed by atoms with van der Waals surface area (Å²) in [4.78, 5) is 38.9. The van der Waals surface area contributed by atoms with E-state index in [4.69, 9.17) is 0 Å². The fourth-order valence-electron chi connectivity index (χ4n) is 6.25. The Hall–Kier alpha value is -5.54. The minimum Gasteiger partial charge on any atom is -0.338 e. The van der Waals surface area contributed by atoms with E-state index in [0.717, 1.165) is 41.1 Å². The molecule has 6 rings (SSSR count). The van der Waals surface area contributed by atoms with Gasteiger partial charge in [0.1, 0.15) is 6.04 Å². The number of carbonyl (C=O) groups is 2. The Morgan fingerprint density at radius 3 is 1.96 bits per heavy atom. The molecule has 0 aliphatic carbocycles. The summed E-state index contributed by atoms with van der Waals surface area (Å²) in [5.74, 6) is -0.555. The van der Waals surface area contributed by atoms with Crippen molar-refractivity contribution in [3.8, 4) is 11.3 Å². The molecule has 4 aromatic carbocycles. The van der Waals surface area contributed by atoms with E-state index < -0.39 is 23.7 Å². The molecule has 1 atom stereocenters. The van der Waals surface area contributed by atoms with Crippen molar-refractivity contribution in [3.05, 3.63) is 167 Å². The molecule has 5 aromatic rings. The minimum absolute atomic E-state index is 0.139. The predicted molar refractivity (Wildman–Crippen MR) is 193 cm³/mol. The van der Waals surface area contributed by atoms with Gasteiger partial charge in [0, 0.05) is 63.5 Å². The summed E-state index contributed by atoms with van der Waals surface area (Å²) < 4.78 is 39.5. The number of alkyl halides is 3. The molecule has 9 heteroatoms. The molecule has 0 spiro atoms. The largest absolute Gasteiger partial charge is 0.416 e. The van der Waals surface area contributed by atoms with E-state index in [2.05, 4.69) is 22.0 Å². The molecular weight excluding hydrogens is 649 g/mol. The monoisotopic (exact) mass is 688 g/mol. The zero-order valence-corrected chi connectivity index (χ0v) is 28.1. The van der Waals surface area contributed by atoms with Crippen LogP contribution in [0.5, 0.6) is 0 Å². The number of carbonyl (C=O) groups excluding carboxylic acids is 2. The van der Waals surface area contributed by atoms with Crippen LogP contribution < -0.4 is 0 Å². The maximum atomic E-state index is 14.5. The standard InChI is InChI=1S/C42H39F3N4O2/c43-42(44,45)37-21-16-32(17-22-37)18-23-40(50)49(31-35-14-19-36(20-15-35)38-13-7-8-24-46-38)39(29-33-9-3-1-4-10-33)41(51)48-27-25-47(26-28-48)30-34-11-5-2-6-12-34/h1-24,39H,25-31H2/b23-18+/t39-/m0/s1. The van der Waals surface area contributed by atoms with E-state index in [1.54, 1.807) is 11.1 Å². The first-order valence-corrected chi connectivity index (χ1v) is 17.0. The van der Waals surface area contributed by atoms with Crippen molar-refractivity contribution in [2.45, 2.75) is 31.7 Å². The summed E-state index contributed by atoms with van der Waals surface area (Å²) >= 11 is 0. The quantitative estimate of drug-likeness (QED) is 0.133. The van der Waals surface area contributed by atoms with E-state index in [0.29, 0.717) is 38.2 Å². The van der Waals surface area contributed by atoms with E-state index in [-0.39, 0.29) is 12.5 Å². The highest BCUT2D eigenvalue weighted by Crippen LogP contribution is 2.29. The Bertz CT molecular complexity index is 1890. The maximum Gasteiger partial charge on any atom is 0.416 e. The van der Waals surface area contributed by atoms with Crippen molar-refractivity contribution in [1.82, 2.24) is 19.7 Å². The zero-order chi connectivity index (χ0) is 35.6. The van der Waals surface area contributed by atoms with Crippen molar-refractivity contribution in [2.24, 2.45) is 0 Å². The fraction of sp³-hybridized carbons (Fsp3) is 0.214. The van der Waals surface area contributed by atoms with Crippen LogP contribution in [0.15, 0.2) is 140 Å². The van der Waals surface area contributed by atoms with Crippen LogP contribution in [0.4, 0.5) is 13.2 Å². The summed E-state index contributed by atoms with van der Waals surface area (Å²) in [5, 5.41) is 0. The van der Waals surface area contributed by atoms with Gasteiger partial charge in [-0.3, -0.25) is 19.5 Å². The van der Waals surface area contributed by atoms with Gasteiger partial charge in [-0.05, 0) is 52.6 Å². The molecule has 1 aliphatic heterocycles. The van der Waals surface area contributed by atoms with Crippen molar-refractivity contribution in [3.63, 3.8) is 0 Å². The van der Waals surface area contributed by atoms with Crippen LogP contribution in [-0.4, -0.2) is 63.7 Å². The van der Waals surface area contributed by atoms with Gasteiger partial charge < -0.3 is 9.80 Å². The Morgan fingerprint density at radius 2 is 1.35 bits per heavy atom. The number of benzene rings is 4. The number of amides is 2. The lowest BCUT2D eigenvalue weighted by atomic mass is 10.0. The van der Waals surface area contributed by atoms with Crippen LogP contribution in [0.3, 0.4) is 0 Å². The number of pyridine rings is 1. The third-order valence-corrected chi connectivity index (χ3v) is 9.07. The molecule has 0 unspecified atom stereocenters. The first-order chi connectivity index (χ1) is 24.7. The minimum atomic E-state index is -4.46. The molecule has 51 heavy (non-hydrogen) atoms. The van der Waals surface area contributed by atoms with E-state index in [9.17, 15) is 22.8 Å². The lowest BCUT2D eigenvalue weighted by Gasteiger charge is -2.39. The lowest BCUT2D eigenvalue weighted by Crippen LogP contribution is -2.56. The molecule has 1 aromatic heterocycles. The topological polar surface area (TPSA) is 56.8 Å². The number of hydrogen-bond acceptors (Lipinski definition) is 4. The van der Waals surface area contributed by atoms with Gasteiger partial charge in [0.2, 0.25) is 11.8 Å². The molecule has 2 amide bonds. The average Bonchev–Trinajstić information content (AvgIpc) is 3.16. The van der Waals surface area contributed by atoms with Crippen LogP contribution >= 0.6 is 0 Å². The SMILES string of the molecule is O=C([C@H](Cc1ccccc1)N(Cc1ccc(-c2ccccn2)cc1)C(=O)/C=C/c1ccc(C(F)(F)F)cc1)N1CCN(Cc2ccccc2)CC1. The van der Waals surface area contributed by atoms with Crippen LogP contribution in [0, 0.1) is 0 Å². The fourth-order valence-corrected chi connectivity index (χ4v) is 6.25. The molecule has 0 saturated carbocycles. The van der Waals surface area contributed by atoms with Gasteiger partial charge in [-0.2, -0.15) is 13.2 Å². The Labute approximate surface area is 296 Å². The first kappa shape index (κ1) is 35.3.